The minimum atomic E-state index is -2.05. The molecule has 0 spiro atoms. The monoisotopic (exact) mass is 603 g/mol. The Balaban J connectivity index is 1.66. The van der Waals surface area contributed by atoms with Gasteiger partial charge in [-0.3, -0.25) is 14.5 Å². The van der Waals surface area contributed by atoms with Crippen molar-refractivity contribution >= 4 is 52.1 Å². The highest BCUT2D eigenvalue weighted by Crippen LogP contribution is 2.32. The lowest BCUT2D eigenvalue weighted by molar-refractivity contribution is -0.129. The maximum atomic E-state index is 14.5. The van der Waals surface area contributed by atoms with Crippen LogP contribution in [0.3, 0.4) is 0 Å². The van der Waals surface area contributed by atoms with Crippen LogP contribution in [0.4, 0.5) is 28.9 Å². The predicted octanol–water partition coefficient (Wildman–Crippen LogP) is 5.28. The van der Waals surface area contributed by atoms with E-state index in [1.54, 1.807) is 6.92 Å². The maximum absolute atomic E-state index is 14.5. The second-order valence-electron chi connectivity index (χ2n) is 8.79. The first-order valence-electron chi connectivity index (χ1n) is 12.3. The van der Waals surface area contributed by atoms with Crippen molar-refractivity contribution in [2.24, 2.45) is 4.99 Å². The molecule has 1 aliphatic rings. The summed E-state index contributed by atoms with van der Waals surface area (Å²) in [5.41, 5.74) is -0.178. The molecule has 1 unspecified atom stereocenters. The SMILES string of the molecule is CCOC(=O)c1ccc(N=C2SC(C(=O)Nc3cccc(C(=O)O)c3)CC(=O)N2Cc2cc(F)c(F)c(F)c2F)cc1. The Bertz CT molecular complexity index is 1600. The Morgan fingerprint density at radius 1 is 1.02 bits per heavy atom. The number of benzene rings is 3. The van der Waals surface area contributed by atoms with Gasteiger partial charge in [0.15, 0.2) is 28.4 Å². The van der Waals surface area contributed by atoms with Crippen LogP contribution in [0, 0.1) is 23.3 Å². The van der Waals surface area contributed by atoms with Crippen molar-refractivity contribution < 1.29 is 46.6 Å². The molecule has 1 saturated heterocycles. The Labute approximate surface area is 240 Å². The van der Waals surface area contributed by atoms with Gasteiger partial charge in [0, 0.05) is 17.7 Å². The summed E-state index contributed by atoms with van der Waals surface area (Å²) in [5, 5.41) is 10.5. The molecule has 0 saturated carbocycles. The van der Waals surface area contributed by atoms with E-state index >= 15 is 0 Å². The van der Waals surface area contributed by atoms with E-state index in [4.69, 9.17) is 4.74 Å². The summed E-state index contributed by atoms with van der Waals surface area (Å²) in [6, 6.07) is 11.5. The van der Waals surface area contributed by atoms with Crippen LogP contribution < -0.4 is 5.32 Å². The number of aromatic carboxylic acids is 1. The zero-order chi connectivity index (χ0) is 30.6. The molecule has 218 valence electrons. The smallest absolute Gasteiger partial charge is 0.338 e. The number of anilines is 1. The predicted molar refractivity (Wildman–Crippen MR) is 144 cm³/mol. The number of carbonyl (C=O) groups is 4. The highest BCUT2D eigenvalue weighted by molar-refractivity contribution is 8.15. The summed E-state index contributed by atoms with van der Waals surface area (Å²) in [6.07, 6.45) is -0.441. The summed E-state index contributed by atoms with van der Waals surface area (Å²) in [4.78, 5) is 54.7. The topological polar surface area (TPSA) is 125 Å². The van der Waals surface area contributed by atoms with E-state index in [0.29, 0.717) is 6.07 Å². The van der Waals surface area contributed by atoms with Crippen molar-refractivity contribution in [1.82, 2.24) is 4.90 Å². The number of carboxylic acid groups (broad SMARTS) is 1. The Morgan fingerprint density at radius 3 is 2.40 bits per heavy atom. The zero-order valence-electron chi connectivity index (χ0n) is 21.7. The van der Waals surface area contributed by atoms with Crippen molar-refractivity contribution in [3.63, 3.8) is 0 Å². The largest absolute Gasteiger partial charge is 0.478 e. The lowest BCUT2D eigenvalue weighted by Gasteiger charge is -2.32. The average molecular weight is 604 g/mol. The number of nitrogens with one attached hydrogen (secondary N) is 1. The number of ether oxygens (including phenoxy) is 1. The summed E-state index contributed by atoms with van der Waals surface area (Å²) < 4.78 is 60.7. The van der Waals surface area contributed by atoms with Gasteiger partial charge in [-0.25, -0.2) is 32.1 Å². The molecular weight excluding hydrogens is 582 g/mol. The van der Waals surface area contributed by atoms with Crippen molar-refractivity contribution in [1.29, 1.82) is 0 Å². The summed E-state index contributed by atoms with van der Waals surface area (Å²) in [7, 11) is 0. The zero-order valence-corrected chi connectivity index (χ0v) is 22.5. The molecule has 0 aromatic heterocycles. The molecule has 1 aliphatic heterocycles. The van der Waals surface area contributed by atoms with Crippen LogP contribution in [-0.2, 0) is 20.9 Å². The van der Waals surface area contributed by atoms with E-state index in [0.717, 1.165) is 16.7 Å². The second kappa shape index (κ2) is 12.9. The fourth-order valence-corrected chi connectivity index (χ4v) is 4.95. The minimum absolute atomic E-state index is 0.0827. The van der Waals surface area contributed by atoms with E-state index < -0.39 is 70.8 Å². The summed E-state index contributed by atoms with van der Waals surface area (Å²) in [6.45, 7) is 1.06. The molecule has 1 atom stereocenters. The van der Waals surface area contributed by atoms with Gasteiger partial charge in [0.25, 0.3) is 0 Å². The van der Waals surface area contributed by atoms with Crippen LogP contribution >= 0.6 is 11.8 Å². The van der Waals surface area contributed by atoms with Gasteiger partial charge in [-0.05, 0) is 55.5 Å². The molecule has 3 aromatic carbocycles. The van der Waals surface area contributed by atoms with Gasteiger partial charge >= 0.3 is 11.9 Å². The lowest BCUT2D eigenvalue weighted by Crippen LogP contribution is -2.45. The molecule has 0 bridgehead atoms. The minimum Gasteiger partial charge on any atom is -0.478 e. The van der Waals surface area contributed by atoms with Gasteiger partial charge in [0.2, 0.25) is 11.8 Å². The number of rotatable bonds is 8. The average Bonchev–Trinajstić information content (AvgIpc) is 2.96. The quantitative estimate of drug-likeness (QED) is 0.155. The molecule has 9 nitrogen and oxygen atoms in total. The normalized spacial score (nSPS) is 15.9. The van der Waals surface area contributed by atoms with Gasteiger partial charge in [-0.2, -0.15) is 0 Å². The Hall–Kier alpha value is -4.72. The fourth-order valence-electron chi connectivity index (χ4n) is 3.85. The first-order valence-corrected chi connectivity index (χ1v) is 13.2. The van der Waals surface area contributed by atoms with Crippen LogP contribution in [0.5, 0.6) is 0 Å². The summed E-state index contributed by atoms with van der Waals surface area (Å²) >= 11 is 0.782. The molecule has 1 heterocycles. The Morgan fingerprint density at radius 2 is 1.74 bits per heavy atom. The van der Waals surface area contributed by atoms with Gasteiger partial charge in [-0.1, -0.05) is 17.8 Å². The third kappa shape index (κ3) is 6.77. The number of nitrogens with zero attached hydrogens (tertiary/aromatic N) is 2. The molecule has 42 heavy (non-hydrogen) atoms. The molecule has 1 fully saturated rings. The third-order valence-corrected chi connectivity index (χ3v) is 7.11. The van der Waals surface area contributed by atoms with Crippen LogP contribution in [0.15, 0.2) is 59.6 Å². The van der Waals surface area contributed by atoms with Crippen LogP contribution in [0.2, 0.25) is 0 Å². The molecule has 0 aliphatic carbocycles. The Kier molecular flexibility index (Phi) is 9.25. The van der Waals surface area contributed by atoms with Gasteiger partial charge in [-0.15, -0.1) is 0 Å². The number of hydrogen-bond donors (Lipinski definition) is 2. The van der Waals surface area contributed by atoms with E-state index in [1.165, 1.54) is 48.5 Å². The number of thioether (sulfide) groups is 1. The van der Waals surface area contributed by atoms with Crippen molar-refractivity contribution in [3.8, 4) is 0 Å². The van der Waals surface area contributed by atoms with Crippen LogP contribution in [0.25, 0.3) is 0 Å². The molecule has 3 aromatic rings. The fraction of sp³-hybridized carbons (Fsp3) is 0.179. The highest BCUT2D eigenvalue weighted by Gasteiger charge is 2.37. The standard InChI is InChI=1S/C28H21F4N3O6S/c1-2-41-27(40)14-6-8-17(9-7-14)34-28-35(13-16-11-19(29)23(31)24(32)22(16)30)21(36)12-20(42-28)25(37)33-18-5-3-4-15(10-18)26(38)39/h3-11,20H,2,12-13H2,1H3,(H,33,37)(H,38,39). The van der Waals surface area contributed by atoms with Gasteiger partial charge in [0.05, 0.1) is 30.0 Å². The molecule has 4 rings (SSSR count). The molecule has 0 radical (unpaired) electrons. The maximum Gasteiger partial charge on any atom is 0.338 e. The number of carboxylic acids is 1. The van der Waals surface area contributed by atoms with Crippen molar-refractivity contribution in [3.05, 3.63) is 94.6 Å². The second-order valence-corrected chi connectivity index (χ2v) is 9.96. The van der Waals surface area contributed by atoms with E-state index in [9.17, 15) is 41.8 Å². The summed E-state index contributed by atoms with van der Waals surface area (Å²) in [5.74, 6) is -10.6. The first-order chi connectivity index (χ1) is 20.0. The third-order valence-electron chi connectivity index (χ3n) is 5.92. The molecule has 2 amide bonds. The number of aliphatic imine (C=N–C) groups is 1. The van der Waals surface area contributed by atoms with Crippen LogP contribution in [0.1, 0.15) is 39.6 Å². The van der Waals surface area contributed by atoms with Crippen molar-refractivity contribution in [2.75, 3.05) is 11.9 Å². The van der Waals surface area contributed by atoms with Gasteiger partial charge < -0.3 is 15.2 Å². The first kappa shape index (κ1) is 30.2. The number of halogens is 4. The highest BCUT2D eigenvalue weighted by atomic mass is 32.2. The number of hydrogen-bond acceptors (Lipinski definition) is 7. The number of amides is 2. The molecular formula is C28H21F4N3O6S. The van der Waals surface area contributed by atoms with Crippen LogP contribution in [-0.4, -0.2) is 50.8 Å². The lowest BCUT2D eigenvalue weighted by atomic mass is 10.1. The van der Waals surface area contributed by atoms with E-state index in [1.807, 2.05) is 0 Å². The number of esters is 1. The number of amidine groups is 1. The van der Waals surface area contributed by atoms with Gasteiger partial charge in [0.1, 0.15) is 5.25 Å². The van der Waals surface area contributed by atoms with Crippen molar-refractivity contribution in [2.45, 2.75) is 25.1 Å². The van der Waals surface area contributed by atoms with E-state index in [2.05, 4.69) is 10.3 Å². The molecule has 2 N–H and O–H groups in total. The number of carbonyl (C=O) groups excluding carboxylic acids is 3. The van der Waals surface area contributed by atoms with E-state index in [-0.39, 0.29) is 34.3 Å². The molecule has 14 heteroatoms.